The molecule has 0 unspecified atom stereocenters. The lowest BCUT2D eigenvalue weighted by molar-refractivity contribution is -0.147. The predicted molar refractivity (Wildman–Crippen MR) is 105 cm³/mol. The third-order valence-corrected chi connectivity index (χ3v) is 5.47. The van der Waals surface area contributed by atoms with E-state index in [4.69, 9.17) is 0 Å². The number of hydrogen-bond acceptors (Lipinski definition) is 2. The van der Waals surface area contributed by atoms with Crippen molar-refractivity contribution in [1.82, 2.24) is 5.32 Å². The molecule has 0 saturated carbocycles. The fraction of sp³-hybridized carbons (Fsp3) is 0.304. The predicted octanol–water partition coefficient (Wildman–Crippen LogP) is 4.34. The van der Waals surface area contributed by atoms with Crippen LogP contribution in [0.25, 0.3) is 0 Å². The summed E-state index contributed by atoms with van der Waals surface area (Å²) >= 11 is 0. The summed E-state index contributed by atoms with van der Waals surface area (Å²) in [5, 5.41) is 12.7. The Morgan fingerprint density at radius 2 is 1.30 bits per heavy atom. The van der Waals surface area contributed by atoms with Gasteiger partial charge < -0.3 is 10.4 Å². The third kappa shape index (κ3) is 4.27. The van der Waals surface area contributed by atoms with Crippen LogP contribution in [0.1, 0.15) is 43.9 Å². The SMILES string of the molecule is CC1=C(C)C[C@H](C(=O)NC(c2ccccc2)c2ccccc2)[C@@H](C(=O)O)C1. The Kier molecular flexibility index (Phi) is 5.75. The zero-order valence-corrected chi connectivity index (χ0v) is 15.7. The van der Waals surface area contributed by atoms with E-state index in [1.165, 1.54) is 0 Å². The summed E-state index contributed by atoms with van der Waals surface area (Å²) in [6.45, 7) is 3.94. The minimum Gasteiger partial charge on any atom is -0.481 e. The van der Waals surface area contributed by atoms with Gasteiger partial charge in [0.05, 0.1) is 17.9 Å². The first-order valence-corrected chi connectivity index (χ1v) is 9.25. The molecule has 3 rings (SSSR count). The van der Waals surface area contributed by atoms with Crippen LogP contribution in [-0.4, -0.2) is 17.0 Å². The molecule has 2 atom stereocenters. The van der Waals surface area contributed by atoms with Crippen LogP contribution in [0.15, 0.2) is 71.8 Å². The molecule has 4 heteroatoms. The van der Waals surface area contributed by atoms with Crippen molar-refractivity contribution in [2.75, 3.05) is 0 Å². The van der Waals surface area contributed by atoms with Crippen LogP contribution in [0, 0.1) is 11.8 Å². The highest BCUT2D eigenvalue weighted by molar-refractivity contribution is 5.86. The molecule has 0 bridgehead atoms. The van der Waals surface area contributed by atoms with E-state index in [9.17, 15) is 14.7 Å². The Labute approximate surface area is 159 Å². The van der Waals surface area contributed by atoms with E-state index in [1.807, 2.05) is 74.5 Å². The Bertz CT molecular complexity index is 803. The maximum absolute atomic E-state index is 13.1. The zero-order chi connectivity index (χ0) is 19.4. The van der Waals surface area contributed by atoms with E-state index in [0.29, 0.717) is 12.8 Å². The number of amides is 1. The highest BCUT2D eigenvalue weighted by Gasteiger charge is 2.38. The number of aliphatic carboxylic acids is 1. The first kappa shape index (κ1) is 18.9. The summed E-state index contributed by atoms with van der Waals surface area (Å²) in [7, 11) is 0. The number of nitrogens with one attached hydrogen (secondary N) is 1. The number of carbonyl (C=O) groups is 2. The highest BCUT2D eigenvalue weighted by atomic mass is 16.4. The van der Waals surface area contributed by atoms with Gasteiger partial charge in [-0.25, -0.2) is 0 Å². The van der Waals surface area contributed by atoms with Crippen molar-refractivity contribution in [3.63, 3.8) is 0 Å². The number of rotatable bonds is 5. The van der Waals surface area contributed by atoms with Crippen LogP contribution >= 0.6 is 0 Å². The van der Waals surface area contributed by atoms with Crippen LogP contribution in [0.2, 0.25) is 0 Å². The molecule has 140 valence electrons. The van der Waals surface area contributed by atoms with Crippen molar-refractivity contribution in [3.05, 3.63) is 82.9 Å². The molecule has 2 aromatic rings. The van der Waals surface area contributed by atoms with E-state index < -0.39 is 17.8 Å². The summed E-state index contributed by atoms with van der Waals surface area (Å²) in [5.41, 5.74) is 4.14. The lowest BCUT2D eigenvalue weighted by atomic mass is 9.76. The third-order valence-electron chi connectivity index (χ3n) is 5.47. The molecule has 1 amide bonds. The second-order valence-electron chi connectivity index (χ2n) is 7.28. The van der Waals surface area contributed by atoms with Gasteiger partial charge in [0.25, 0.3) is 0 Å². The number of hydrogen-bond donors (Lipinski definition) is 2. The molecule has 0 saturated heterocycles. The molecule has 0 aliphatic heterocycles. The van der Waals surface area contributed by atoms with Crippen LogP contribution in [0.5, 0.6) is 0 Å². The normalized spacial score (nSPS) is 19.8. The van der Waals surface area contributed by atoms with Gasteiger partial charge in [0.2, 0.25) is 5.91 Å². The topological polar surface area (TPSA) is 66.4 Å². The first-order chi connectivity index (χ1) is 13.0. The van der Waals surface area contributed by atoms with Crippen LogP contribution in [0.4, 0.5) is 0 Å². The molecule has 0 heterocycles. The number of benzene rings is 2. The molecule has 0 aromatic heterocycles. The lowest BCUT2D eigenvalue weighted by Crippen LogP contribution is -2.41. The molecular weight excluding hydrogens is 338 g/mol. The van der Waals surface area contributed by atoms with Crippen LogP contribution in [0.3, 0.4) is 0 Å². The van der Waals surface area contributed by atoms with Crippen LogP contribution in [-0.2, 0) is 9.59 Å². The molecule has 1 aliphatic carbocycles. The summed E-state index contributed by atoms with van der Waals surface area (Å²) in [5.74, 6) is -2.34. The Morgan fingerprint density at radius 1 is 0.852 bits per heavy atom. The molecule has 1 aliphatic rings. The van der Waals surface area contributed by atoms with Crippen molar-refractivity contribution in [1.29, 1.82) is 0 Å². The van der Waals surface area contributed by atoms with Gasteiger partial charge in [0, 0.05) is 0 Å². The summed E-state index contributed by atoms with van der Waals surface area (Å²) in [6, 6.07) is 19.2. The smallest absolute Gasteiger partial charge is 0.307 e. The average molecular weight is 363 g/mol. The largest absolute Gasteiger partial charge is 0.481 e. The highest BCUT2D eigenvalue weighted by Crippen LogP contribution is 2.35. The summed E-state index contributed by atoms with van der Waals surface area (Å²) in [4.78, 5) is 24.9. The van der Waals surface area contributed by atoms with Gasteiger partial charge in [-0.1, -0.05) is 71.8 Å². The van der Waals surface area contributed by atoms with Crippen molar-refractivity contribution in [2.24, 2.45) is 11.8 Å². The maximum Gasteiger partial charge on any atom is 0.307 e. The molecule has 0 fully saturated rings. The van der Waals surface area contributed by atoms with Gasteiger partial charge in [-0.3, -0.25) is 9.59 Å². The van der Waals surface area contributed by atoms with Crippen molar-refractivity contribution in [3.8, 4) is 0 Å². The van der Waals surface area contributed by atoms with Gasteiger partial charge in [0.1, 0.15) is 0 Å². The maximum atomic E-state index is 13.1. The van der Waals surface area contributed by atoms with Gasteiger partial charge in [-0.15, -0.1) is 0 Å². The fourth-order valence-corrected chi connectivity index (χ4v) is 3.73. The second-order valence-corrected chi connectivity index (χ2v) is 7.28. The van der Waals surface area contributed by atoms with Gasteiger partial charge >= 0.3 is 5.97 Å². The van der Waals surface area contributed by atoms with E-state index in [1.54, 1.807) is 0 Å². The van der Waals surface area contributed by atoms with E-state index >= 15 is 0 Å². The Hall–Kier alpha value is -2.88. The number of carboxylic acids is 1. The molecule has 0 spiro atoms. The number of allylic oxidation sites excluding steroid dienone is 2. The monoisotopic (exact) mass is 363 g/mol. The molecule has 2 aromatic carbocycles. The Morgan fingerprint density at radius 3 is 1.74 bits per heavy atom. The van der Waals surface area contributed by atoms with Crippen molar-refractivity contribution in [2.45, 2.75) is 32.7 Å². The minimum absolute atomic E-state index is 0.202. The molecule has 27 heavy (non-hydrogen) atoms. The van der Waals surface area contributed by atoms with Gasteiger partial charge in [-0.05, 0) is 37.8 Å². The Balaban J connectivity index is 1.89. The van der Waals surface area contributed by atoms with Gasteiger partial charge in [-0.2, -0.15) is 0 Å². The first-order valence-electron chi connectivity index (χ1n) is 9.25. The van der Waals surface area contributed by atoms with Crippen molar-refractivity contribution >= 4 is 11.9 Å². The number of carboxylic acid groups (broad SMARTS) is 1. The lowest BCUT2D eigenvalue weighted by Gasteiger charge is -2.31. The zero-order valence-electron chi connectivity index (χ0n) is 15.7. The van der Waals surface area contributed by atoms with E-state index in [0.717, 1.165) is 22.3 Å². The molecule has 2 N–H and O–H groups in total. The summed E-state index contributed by atoms with van der Waals surface area (Å²) in [6.07, 6.45) is 0.922. The molecule has 4 nitrogen and oxygen atoms in total. The summed E-state index contributed by atoms with van der Waals surface area (Å²) < 4.78 is 0. The average Bonchev–Trinajstić information content (AvgIpc) is 2.68. The molecular formula is C23H25NO3. The minimum atomic E-state index is -0.905. The second kappa shape index (κ2) is 8.21. The van der Waals surface area contributed by atoms with E-state index in [-0.39, 0.29) is 11.9 Å². The van der Waals surface area contributed by atoms with Gasteiger partial charge in [0.15, 0.2) is 0 Å². The standard InChI is InChI=1S/C23H25NO3/c1-15-13-19(20(23(26)27)14-16(15)2)22(25)24-21(17-9-5-3-6-10-17)18-11-7-4-8-12-18/h3-12,19-21H,13-14H2,1-2H3,(H,24,25)(H,26,27)/t19-,20-/m0/s1. The van der Waals surface area contributed by atoms with Crippen LogP contribution < -0.4 is 5.32 Å². The number of carbonyl (C=O) groups excluding carboxylic acids is 1. The van der Waals surface area contributed by atoms with Crippen molar-refractivity contribution < 1.29 is 14.7 Å². The quantitative estimate of drug-likeness (QED) is 0.777. The fourth-order valence-electron chi connectivity index (χ4n) is 3.73. The van der Waals surface area contributed by atoms with E-state index in [2.05, 4.69) is 5.32 Å². The molecule has 0 radical (unpaired) electrons.